The average Bonchev–Trinajstić information content (AvgIpc) is 1.77. The van der Waals surface area contributed by atoms with Gasteiger partial charge in [0.05, 0.1) is 0 Å². The Bertz CT molecular complexity index is 130. The Morgan fingerprint density at radius 3 is 3.00 bits per heavy atom. The predicted octanol–water partition coefficient (Wildman–Crippen LogP) is -1.00. The predicted molar refractivity (Wildman–Crippen MR) is 30.1 cm³/mol. The molecule has 3 heteroatoms. The topological polar surface area (TPSA) is 55.1 Å². The van der Waals surface area contributed by atoms with E-state index in [-0.39, 0.29) is 5.91 Å². The van der Waals surface area contributed by atoms with E-state index in [2.05, 4.69) is 5.32 Å². The van der Waals surface area contributed by atoms with Gasteiger partial charge in [-0.1, -0.05) is 12.2 Å². The smallest absolute Gasteiger partial charge is 0.241 e. The van der Waals surface area contributed by atoms with Crippen molar-refractivity contribution in [2.45, 2.75) is 6.04 Å². The molecule has 1 heterocycles. The molecular formula is C5H8N2O. The van der Waals surface area contributed by atoms with E-state index in [1.807, 2.05) is 6.08 Å². The van der Waals surface area contributed by atoms with E-state index < -0.39 is 6.04 Å². The van der Waals surface area contributed by atoms with Crippen LogP contribution in [0, 0.1) is 0 Å². The summed E-state index contributed by atoms with van der Waals surface area (Å²) in [6.45, 7) is 0.618. The van der Waals surface area contributed by atoms with Crippen molar-refractivity contribution in [2.75, 3.05) is 6.54 Å². The highest BCUT2D eigenvalue weighted by atomic mass is 16.2. The first-order valence-electron chi connectivity index (χ1n) is 2.50. The van der Waals surface area contributed by atoms with E-state index in [9.17, 15) is 4.79 Å². The van der Waals surface area contributed by atoms with Crippen molar-refractivity contribution in [1.82, 2.24) is 5.32 Å². The molecule has 1 rings (SSSR count). The fourth-order valence-electron chi connectivity index (χ4n) is 0.579. The lowest BCUT2D eigenvalue weighted by molar-refractivity contribution is -0.121. The molecule has 44 valence electrons. The van der Waals surface area contributed by atoms with Gasteiger partial charge in [-0.25, -0.2) is 0 Å². The summed E-state index contributed by atoms with van der Waals surface area (Å²) in [6, 6.07) is -0.427. The summed E-state index contributed by atoms with van der Waals surface area (Å²) >= 11 is 0. The highest BCUT2D eigenvalue weighted by Crippen LogP contribution is 1.87. The van der Waals surface area contributed by atoms with Crippen LogP contribution in [0.15, 0.2) is 12.2 Å². The normalized spacial score (nSPS) is 27.6. The second kappa shape index (κ2) is 1.96. The molecule has 0 aromatic heterocycles. The Labute approximate surface area is 47.6 Å². The summed E-state index contributed by atoms with van der Waals surface area (Å²) < 4.78 is 0. The number of nitrogens with one attached hydrogen (secondary N) is 1. The van der Waals surface area contributed by atoms with E-state index in [0.717, 1.165) is 0 Å². The van der Waals surface area contributed by atoms with Gasteiger partial charge in [-0.15, -0.1) is 0 Å². The number of nitrogens with two attached hydrogens (primary N) is 1. The number of amides is 1. The first kappa shape index (κ1) is 5.31. The van der Waals surface area contributed by atoms with Crippen LogP contribution in [0.25, 0.3) is 0 Å². The molecule has 3 N–H and O–H groups in total. The van der Waals surface area contributed by atoms with Crippen LogP contribution in [0.2, 0.25) is 0 Å². The highest BCUT2D eigenvalue weighted by molar-refractivity contribution is 5.84. The van der Waals surface area contributed by atoms with Gasteiger partial charge >= 0.3 is 0 Å². The minimum atomic E-state index is -0.427. The molecule has 1 amide bonds. The molecule has 0 radical (unpaired) electrons. The average molecular weight is 112 g/mol. The third kappa shape index (κ3) is 0.869. The number of carbonyl (C=O) groups excluding carboxylic acids is 1. The lowest BCUT2D eigenvalue weighted by atomic mass is 10.2. The molecule has 1 aliphatic rings. The quantitative estimate of drug-likeness (QED) is 0.395. The number of rotatable bonds is 0. The lowest BCUT2D eigenvalue weighted by Crippen LogP contribution is -2.42. The van der Waals surface area contributed by atoms with Gasteiger partial charge in [-0.3, -0.25) is 4.79 Å². The van der Waals surface area contributed by atoms with Crippen molar-refractivity contribution in [2.24, 2.45) is 5.73 Å². The van der Waals surface area contributed by atoms with E-state index in [0.29, 0.717) is 6.54 Å². The van der Waals surface area contributed by atoms with Crippen LogP contribution in [-0.2, 0) is 4.79 Å². The van der Waals surface area contributed by atoms with Crippen LogP contribution in [0.3, 0.4) is 0 Å². The molecule has 0 unspecified atom stereocenters. The second-order valence-corrected chi connectivity index (χ2v) is 1.70. The van der Waals surface area contributed by atoms with E-state index in [1.54, 1.807) is 6.08 Å². The van der Waals surface area contributed by atoms with Crippen LogP contribution in [0.5, 0.6) is 0 Å². The maximum absolute atomic E-state index is 10.5. The zero-order valence-corrected chi connectivity index (χ0v) is 4.42. The van der Waals surface area contributed by atoms with Crippen molar-refractivity contribution in [3.63, 3.8) is 0 Å². The molecule has 1 atom stereocenters. The van der Waals surface area contributed by atoms with Gasteiger partial charge in [0.15, 0.2) is 0 Å². The molecule has 0 saturated carbocycles. The van der Waals surface area contributed by atoms with Gasteiger partial charge in [-0.05, 0) is 0 Å². The fourth-order valence-corrected chi connectivity index (χ4v) is 0.579. The van der Waals surface area contributed by atoms with Gasteiger partial charge in [0.25, 0.3) is 0 Å². The monoisotopic (exact) mass is 112 g/mol. The molecular weight excluding hydrogens is 104 g/mol. The maximum atomic E-state index is 10.5. The van der Waals surface area contributed by atoms with Crippen molar-refractivity contribution in [3.05, 3.63) is 12.2 Å². The van der Waals surface area contributed by atoms with Gasteiger partial charge < -0.3 is 11.1 Å². The molecule has 0 fully saturated rings. The molecule has 0 aromatic carbocycles. The molecule has 0 aliphatic carbocycles. The Kier molecular flexibility index (Phi) is 1.30. The Morgan fingerprint density at radius 2 is 2.62 bits per heavy atom. The summed E-state index contributed by atoms with van der Waals surface area (Å²) in [5.74, 6) is -0.0903. The van der Waals surface area contributed by atoms with Crippen LogP contribution in [0.4, 0.5) is 0 Å². The second-order valence-electron chi connectivity index (χ2n) is 1.70. The molecule has 0 aromatic rings. The molecule has 0 spiro atoms. The molecule has 0 bridgehead atoms. The summed E-state index contributed by atoms with van der Waals surface area (Å²) in [6.07, 6.45) is 3.53. The maximum Gasteiger partial charge on any atom is 0.241 e. The summed E-state index contributed by atoms with van der Waals surface area (Å²) in [5.41, 5.74) is 5.28. The summed E-state index contributed by atoms with van der Waals surface area (Å²) in [4.78, 5) is 10.5. The number of hydrogen-bond acceptors (Lipinski definition) is 2. The zero-order chi connectivity index (χ0) is 5.98. The SMILES string of the molecule is N[C@H]1C=CCNC1=O. The lowest BCUT2D eigenvalue weighted by Gasteiger charge is -2.10. The molecule has 0 saturated heterocycles. The third-order valence-corrected chi connectivity index (χ3v) is 1.04. The Balaban J connectivity index is 2.60. The van der Waals surface area contributed by atoms with Gasteiger partial charge in [0, 0.05) is 6.54 Å². The van der Waals surface area contributed by atoms with E-state index >= 15 is 0 Å². The van der Waals surface area contributed by atoms with Crippen LogP contribution in [0.1, 0.15) is 0 Å². The van der Waals surface area contributed by atoms with Crippen molar-refractivity contribution in [3.8, 4) is 0 Å². The van der Waals surface area contributed by atoms with Crippen molar-refractivity contribution >= 4 is 5.91 Å². The third-order valence-electron chi connectivity index (χ3n) is 1.04. The van der Waals surface area contributed by atoms with Gasteiger partial charge in [0.1, 0.15) is 6.04 Å². The van der Waals surface area contributed by atoms with Crippen LogP contribution in [-0.4, -0.2) is 18.5 Å². The van der Waals surface area contributed by atoms with Crippen LogP contribution >= 0.6 is 0 Å². The van der Waals surface area contributed by atoms with Crippen molar-refractivity contribution < 1.29 is 4.79 Å². The van der Waals surface area contributed by atoms with Gasteiger partial charge in [0.2, 0.25) is 5.91 Å². The Hall–Kier alpha value is -0.830. The summed E-state index contributed by atoms with van der Waals surface area (Å²) in [5, 5.41) is 2.58. The summed E-state index contributed by atoms with van der Waals surface area (Å²) in [7, 11) is 0. The largest absolute Gasteiger partial charge is 0.351 e. The first-order chi connectivity index (χ1) is 3.80. The highest BCUT2D eigenvalue weighted by Gasteiger charge is 2.10. The minimum Gasteiger partial charge on any atom is -0.351 e. The van der Waals surface area contributed by atoms with Crippen LogP contribution < -0.4 is 11.1 Å². The van der Waals surface area contributed by atoms with E-state index in [1.165, 1.54) is 0 Å². The fraction of sp³-hybridized carbons (Fsp3) is 0.400. The minimum absolute atomic E-state index is 0.0903. The standard InChI is InChI=1S/C5H8N2O/c6-4-2-1-3-7-5(4)8/h1-2,4H,3,6H2,(H,7,8)/t4-/m0/s1. The van der Waals surface area contributed by atoms with Crippen molar-refractivity contribution in [1.29, 1.82) is 0 Å². The molecule has 3 nitrogen and oxygen atoms in total. The molecule has 1 aliphatic heterocycles. The van der Waals surface area contributed by atoms with Gasteiger partial charge in [-0.2, -0.15) is 0 Å². The van der Waals surface area contributed by atoms with E-state index in [4.69, 9.17) is 5.73 Å². The number of carbonyl (C=O) groups is 1. The zero-order valence-electron chi connectivity index (χ0n) is 4.42. The Morgan fingerprint density at radius 1 is 1.88 bits per heavy atom. The number of hydrogen-bond donors (Lipinski definition) is 2. The molecule has 8 heavy (non-hydrogen) atoms. The first-order valence-corrected chi connectivity index (χ1v) is 2.50.